The molecule has 6 nitrogen and oxygen atoms in total. The number of hydrogen-bond acceptors (Lipinski definition) is 6. The Morgan fingerprint density at radius 2 is 0.571 bits per heavy atom. The highest BCUT2D eigenvalue weighted by Gasteiger charge is 2.19. The molecular formula is C64H114O6. The zero-order chi connectivity index (χ0) is 50.7. The van der Waals surface area contributed by atoms with Gasteiger partial charge in [-0.25, -0.2) is 0 Å². The third kappa shape index (κ3) is 56.0. The summed E-state index contributed by atoms with van der Waals surface area (Å²) >= 11 is 0. The number of carbonyl (C=O) groups is 3. The Bertz CT molecular complexity index is 1260. The molecule has 0 radical (unpaired) electrons. The van der Waals surface area contributed by atoms with Crippen molar-refractivity contribution in [2.24, 2.45) is 0 Å². The minimum absolute atomic E-state index is 0.0922. The zero-order valence-corrected chi connectivity index (χ0v) is 46.5. The summed E-state index contributed by atoms with van der Waals surface area (Å²) in [5.41, 5.74) is 0. The standard InChI is InChI=1S/C64H114O6/c1-4-7-10-13-16-19-22-25-28-31-32-34-36-39-42-45-48-51-54-57-63(66)69-60-61(59-68-62(65)56-53-50-47-44-41-38-35-30-27-24-21-18-15-12-9-6-3)70-64(67)58-55-52-49-46-43-40-37-33-29-26-23-20-17-14-11-8-5-2/h16,19,22,25-26,29,37,40,46,49,61H,4-15,17-18,20-21,23-24,27-28,30-36,38-39,41-45,47-48,50-60H2,1-3H3/b19-16-,25-22-,29-26-,40-37-,49-46-. The number of carbonyl (C=O) groups excluding carboxylic acids is 3. The number of ether oxygens (including phenoxy) is 3. The van der Waals surface area contributed by atoms with Gasteiger partial charge in [0.2, 0.25) is 0 Å². The van der Waals surface area contributed by atoms with E-state index in [0.29, 0.717) is 19.3 Å². The smallest absolute Gasteiger partial charge is 0.306 e. The molecule has 0 aliphatic rings. The molecule has 0 aromatic heterocycles. The fourth-order valence-corrected chi connectivity index (χ4v) is 8.69. The van der Waals surface area contributed by atoms with E-state index in [0.717, 1.165) is 57.8 Å². The van der Waals surface area contributed by atoms with Crippen LogP contribution >= 0.6 is 0 Å². The van der Waals surface area contributed by atoms with Crippen molar-refractivity contribution in [1.82, 2.24) is 0 Å². The summed E-state index contributed by atoms with van der Waals surface area (Å²) in [7, 11) is 0. The summed E-state index contributed by atoms with van der Waals surface area (Å²) in [5.74, 6) is -0.934. The Kier molecular flexibility index (Phi) is 56.3. The molecule has 1 unspecified atom stereocenters. The SMILES string of the molecule is CCCCC/C=C\C=C/CCCCCCCCCCCCC(=O)OCC(COC(=O)CCCCCCCCCCCCCCCCCC)OC(=O)CCC/C=C\C/C=C\C/C=C\CCCCCCCC. The predicted octanol–water partition coefficient (Wildman–Crippen LogP) is 20.4. The van der Waals surface area contributed by atoms with Gasteiger partial charge in [-0.2, -0.15) is 0 Å². The van der Waals surface area contributed by atoms with E-state index >= 15 is 0 Å². The molecule has 0 saturated carbocycles. The van der Waals surface area contributed by atoms with Crippen LogP contribution in [0.15, 0.2) is 60.8 Å². The Balaban J connectivity index is 4.42. The molecule has 0 bridgehead atoms. The quantitative estimate of drug-likeness (QED) is 0.0199. The summed E-state index contributed by atoms with van der Waals surface area (Å²) < 4.78 is 16.9. The monoisotopic (exact) mass is 979 g/mol. The van der Waals surface area contributed by atoms with Crippen molar-refractivity contribution in [1.29, 1.82) is 0 Å². The molecule has 1 atom stereocenters. The lowest BCUT2D eigenvalue weighted by atomic mass is 10.0. The Morgan fingerprint density at radius 3 is 0.957 bits per heavy atom. The molecule has 406 valence electrons. The number of rotatable bonds is 55. The molecule has 0 fully saturated rings. The molecule has 0 amide bonds. The molecule has 0 heterocycles. The van der Waals surface area contributed by atoms with Crippen LogP contribution in [0.2, 0.25) is 0 Å². The molecule has 70 heavy (non-hydrogen) atoms. The average Bonchev–Trinajstić information content (AvgIpc) is 3.36. The second kappa shape index (κ2) is 58.7. The van der Waals surface area contributed by atoms with E-state index in [1.165, 1.54) is 205 Å². The zero-order valence-electron chi connectivity index (χ0n) is 46.5. The van der Waals surface area contributed by atoms with Gasteiger partial charge in [-0.05, 0) is 77.0 Å². The van der Waals surface area contributed by atoms with Gasteiger partial charge in [0.25, 0.3) is 0 Å². The predicted molar refractivity (Wildman–Crippen MR) is 302 cm³/mol. The van der Waals surface area contributed by atoms with Crippen molar-refractivity contribution in [3.05, 3.63) is 60.8 Å². The normalized spacial score (nSPS) is 12.4. The second-order valence-electron chi connectivity index (χ2n) is 20.3. The van der Waals surface area contributed by atoms with E-state index in [4.69, 9.17) is 14.2 Å². The van der Waals surface area contributed by atoms with Crippen LogP contribution in [0.25, 0.3) is 0 Å². The second-order valence-corrected chi connectivity index (χ2v) is 20.3. The Labute approximate surface area is 434 Å². The van der Waals surface area contributed by atoms with Gasteiger partial charge < -0.3 is 14.2 Å². The van der Waals surface area contributed by atoms with E-state index in [1.54, 1.807) is 0 Å². The number of allylic oxidation sites excluding steroid dienone is 10. The van der Waals surface area contributed by atoms with E-state index in [2.05, 4.69) is 81.5 Å². The van der Waals surface area contributed by atoms with Gasteiger partial charge in [0.15, 0.2) is 6.10 Å². The molecular weight excluding hydrogens is 865 g/mol. The number of hydrogen-bond donors (Lipinski definition) is 0. The maximum Gasteiger partial charge on any atom is 0.306 e. The fraction of sp³-hybridized carbons (Fsp3) is 0.797. The summed E-state index contributed by atoms with van der Waals surface area (Å²) in [6.07, 6.45) is 73.6. The minimum Gasteiger partial charge on any atom is -0.462 e. The van der Waals surface area contributed by atoms with E-state index in [1.807, 2.05) is 0 Å². The van der Waals surface area contributed by atoms with Gasteiger partial charge in [0, 0.05) is 19.3 Å². The highest BCUT2D eigenvalue weighted by molar-refractivity contribution is 5.71. The van der Waals surface area contributed by atoms with Crippen LogP contribution < -0.4 is 0 Å². The van der Waals surface area contributed by atoms with Crippen molar-refractivity contribution < 1.29 is 28.6 Å². The van der Waals surface area contributed by atoms with Gasteiger partial charge in [0.05, 0.1) is 0 Å². The summed E-state index contributed by atoms with van der Waals surface area (Å²) in [6.45, 7) is 6.60. The van der Waals surface area contributed by atoms with Crippen LogP contribution in [0.3, 0.4) is 0 Å². The van der Waals surface area contributed by atoms with Gasteiger partial charge >= 0.3 is 17.9 Å². The van der Waals surface area contributed by atoms with Crippen molar-refractivity contribution >= 4 is 17.9 Å². The molecule has 0 aromatic carbocycles. The number of unbranched alkanes of at least 4 members (excludes halogenated alkanes) is 35. The third-order valence-electron chi connectivity index (χ3n) is 13.3. The highest BCUT2D eigenvalue weighted by atomic mass is 16.6. The first-order valence-corrected chi connectivity index (χ1v) is 30.3. The Hall–Kier alpha value is -2.89. The molecule has 0 rings (SSSR count). The highest BCUT2D eigenvalue weighted by Crippen LogP contribution is 2.16. The molecule has 0 aromatic rings. The van der Waals surface area contributed by atoms with E-state index < -0.39 is 6.10 Å². The lowest BCUT2D eigenvalue weighted by Crippen LogP contribution is -2.30. The summed E-state index contributed by atoms with van der Waals surface area (Å²) in [4.78, 5) is 38.2. The first-order chi connectivity index (χ1) is 34.5. The maximum absolute atomic E-state index is 12.9. The number of esters is 3. The van der Waals surface area contributed by atoms with Crippen LogP contribution in [0, 0.1) is 0 Å². The molecule has 0 aliphatic heterocycles. The first-order valence-electron chi connectivity index (χ1n) is 30.3. The van der Waals surface area contributed by atoms with E-state index in [9.17, 15) is 14.4 Å². The minimum atomic E-state index is -0.801. The van der Waals surface area contributed by atoms with Crippen LogP contribution in [0.1, 0.15) is 310 Å². The molecule has 6 heteroatoms. The third-order valence-corrected chi connectivity index (χ3v) is 13.3. The molecule has 0 N–H and O–H groups in total. The van der Waals surface area contributed by atoms with Crippen LogP contribution in [0.5, 0.6) is 0 Å². The largest absolute Gasteiger partial charge is 0.462 e. The van der Waals surface area contributed by atoms with Crippen LogP contribution in [-0.4, -0.2) is 37.2 Å². The van der Waals surface area contributed by atoms with Gasteiger partial charge in [-0.1, -0.05) is 274 Å². The van der Waals surface area contributed by atoms with Crippen molar-refractivity contribution in [3.63, 3.8) is 0 Å². The van der Waals surface area contributed by atoms with Crippen molar-refractivity contribution in [2.75, 3.05) is 13.2 Å². The van der Waals surface area contributed by atoms with Gasteiger partial charge in [-0.3, -0.25) is 14.4 Å². The first kappa shape index (κ1) is 67.1. The summed E-state index contributed by atoms with van der Waals surface area (Å²) in [5, 5.41) is 0. The lowest BCUT2D eigenvalue weighted by Gasteiger charge is -2.18. The lowest BCUT2D eigenvalue weighted by molar-refractivity contribution is -0.167. The van der Waals surface area contributed by atoms with Crippen molar-refractivity contribution in [2.45, 2.75) is 316 Å². The fourth-order valence-electron chi connectivity index (χ4n) is 8.69. The van der Waals surface area contributed by atoms with Gasteiger partial charge in [0.1, 0.15) is 13.2 Å². The Morgan fingerprint density at radius 1 is 0.300 bits per heavy atom. The van der Waals surface area contributed by atoms with Crippen LogP contribution in [0.4, 0.5) is 0 Å². The summed E-state index contributed by atoms with van der Waals surface area (Å²) in [6, 6.07) is 0. The van der Waals surface area contributed by atoms with Crippen molar-refractivity contribution in [3.8, 4) is 0 Å². The maximum atomic E-state index is 12.9. The molecule has 0 spiro atoms. The average molecular weight is 980 g/mol. The molecule has 0 aliphatic carbocycles. The topological polar surface area (TPSA) is 78.9 Å². The van der Waals surface area contributed by atoms with E-state index in [-0.39, 0.29) is 37.5 Å². The molecule has 0 saturated heterocycles. The van der Waals surface area contributed by atoms with Gasteiger partial charge in [-0.15, -0.1) is 0 Å². The van der Waals surface area contributed by atoms with Crippen LogP contribution in [-0.2, 0) is 28.6 Å².